The van der Waals surface area contributed by atoms with E-state index >= 15 is 0 Å². The molecular weight excluding hydrogens is 270 g/mol. The Morgan fingerprint density at radius 1 is 1.24 bits per heavy atom. The molecular formula is C16H25NO4. The van der Waals surface area contributed by atoms with Gasteiger partial charge < -0.3 is 19.9 Å². The number of rotatable bonds is 9. The first-order valence-corrected chi connectivity index (χ1v) is 7.15. The van der Waals surface area contributed by atoms with Gasteiger partial charge in [-0.1, -0.05) is 30.3 Å². The molecule has 0 aliphatic carbocycles. The number of hydrogen-bond donors (Lipinski definition) is 1. The summed E-state index contributed by atoms with van der Waals surface area (Å²) in [6.07, 6.45) is 0.0479. The van der Waals surface area contributed by atoms with Crippen LogP contribution < -0.4 is 5.73 Å². The molecule has 21 heavy (non-hydrogen) atoms. The maximum absolute atomic E-state index is 11.6. The van der Waals surface area contributed by atoms with Crippen molar-refractivity contribution in [2.24, 2.45) is 5.73 Å². The molecule has 0 saturated carbocycles. The van der Waals surface area contributed by atoms with Crippen molar-refractivity contribution in [1.82, 2.24) is 0 Å². The predicted octanol–water partition coefficient (Wildman–Crippen LogP) is 1.89. The first-order chi connectivity index (χ1) is 10.0. The topological polar surface area (TPSA) is 70.8 Å². The highest BCUT2D eigenvalue weighted by Gasteiger charge is 2.23. The summed E-state index contributed by atoms with van der Waals surface area (Å²) in [5.74, 6) is -0.423. The lowest BCUT2D eigenvalue weighted by molar-refractivity contribution is -0.158. The minimum Gasteiger partial charge on any atom is -0.459 e. The molecule has 2 N–H and O–H groups in total. The van der Waals surface area contributed by atoms with Crippen LogP contribution in [0, 0.1) is 0 Å². The normalized spacial score (nSPS) is 15.2. The van der Waals surface area contributed by atoms with Gasteiger partial charge in [-0.3, -0.25) is 4.79 Å². The van der Waals surface area contributed by atoms with Gasteiger partial charge in [0.05, 0.1) is 12.7 Å². The first kappa shape index (κ1) is 17.6. The quantitative estimate of drug-likeness (QED) is 0.704. The molecule has 5 nitrogen and oxygen atoms in total. The molecule has 0 radical (unpaired) electrons. The standard InChI is InChI=1S/C16H25NO4/c1-12(17)16(18)21-13(2)15(9-10-19-3)20-11-14-7-5-4-6-8-14/h4-8,12-13,15H,9-11,17H2,1-3H3/t12-,13-,15+/m0/s1. The molecule has 1 aromatic rings. The van der Waals surface area contributed by atoms with Crippen molar-refractivity contribution in [3.8, 4) is 0 Å². The van der Waals surface area contributed by atoms with E-state index in [1.807, 2.05) is 37.3 Å². The number of nitrogens with two attached hydrogens (primary N) is 1. The molecule has 3 atom stereocenters. The monoisotopic (exact) mass is 295 g/mol. The summed E-state index contributed by atoms with van der Waals surface area (Å²) in [5.41, 5.74) is 6.58. The second kappa shape index (κ2) is 9.50. The number of carbonyl (C=O) groups is 1. The molecule has 0 unspecified atom stereocenters. The Hall–Kier alpha value is -1.43. The van der Waals surface area contributed by atoms with Crippen molar-refractivity contribution in [3.63, 3.8) is 0 Å². The molecule has 0 aliphatic rings. The minimum atomic E-state index is -0.635. The molecule has 5 heteroatoms. The van der Waals surface area contributed by atoms with E-state index in [4.69, 9.17) is 19.9 Å². The van der Waals surface area contributed by atoms with Crippen LogP contribution in [0.2, 0.25) is 0 Å². The third-order valence-corrected chi connectivity index (χ3v) is 3.11. The third-order valence-electron chi connectivity index (χ3n) is 3.11. The van der Waals surface area contributed by atoms with Crippen LogP contribution in [0.15, 0.2) is 30.3 Å². The Bertz CT molecular complexity index is 408. The lowest BCUT2D eigenvalue weighted by atomic mass is 10.1. The lowest BCUT2D eigenvalue weighted by Crippen LogP contribution is -2.37. The maximum Gasteiger partial charge on any atom is 0.322 e. The number of esters is 1. The number of carbonyl (C=O) groups excluding carboxylic acids is 1. The highest BCUT2D eigenvalue weighted by Crippen LogP contribution is 2.13. The van der Waals surface area contributed by atoms with Crippen molar-refractivity contribution < 1.29 is 19.0 Å². The minimum absolute atomic E-state index is 0.229. The van der Waals surface area contributed by atoms with Crippen LogP contribution >= 0.6 is 0 Å². The highest BCUT2D eigenvalue weighted by molar-refractivity contribution is 5.75. The fraction of sp³-hybridized carbons (Fsp3) is 0.562. The van der Waals surface area contributed by atoms with Gasteiger partial charge in [0, 0.05) is 20.1 Å². The average molecular weight is 295 g/mol. The van der Waals surface area contributed by atoms with Crippen LogP contribution in [0.25, 0.3) is 0 Å². The summed E-state index contributed by atoms with van der Waals surface area (Å²) >= 11 is 0. The van der Waals surface area contributed by atoms with Gasteiger partial charge in [-0.05, 0) is 19.4 Å². The van der Waals surface area contributed by atoms with E-state index in [1.165, 1.54) is 0 Å². The fourth-order valence-electron chi connectivity index (χ4n) is 1.83. The molecule has 0 spiro atoms. The zero-order valence-electron chi connectivity index (χ0n) is 13.0. The summed E-state index contributed by atoms with van der Waals surface area (Å²) in [6, 6.07) is 9.23. The first-order valence-electron chi connectivity index (χ1n) is 7.15. The maximum atomic E-state index is 11.6. The van der Waals surface area contributed by atoms with Gasteiger partial charge in [0.15, 0.2) is 0 Å². The van der Waals surface area contributed by atoms with Crippen LogP contribution in [0.5, 0.6) is 0 Å². The molecule has 0 heterocycles. The number of ether oxygens (including phenoxy) is 3. The molecule has 1 aromatic carbocycles. The SMILES string of the molecule is COCC[C@@H](OCc1ccccc1)[C@H](C)OC(=O)[C@H](C)N. The summed E-state index contributed by atoms with van der Waals surface area (Å²) in [6.45, 7) is 4.42. The van der Waals surface area contributed by atoms with E-state index < -0.39 is 12.0 Å². The van der Waals surface area contributed by atoms with Crippen molar-refractivity contribution in [2.75, 3.05) is 13.7 Å². The molecule has 1 rings (SSSR count). The Morgan fingerprint density at radius 2 is 1.90 bits per heavy atom. The van der Waals surface area contributed by atoms with E-state index in [0.717, 1.165) is 5.56 Å². The van der Waals surface area contributed by atoms with E-state index in [-0.39, 0.29) is 12.2 Å². The zero-order chi connectivity index (χ0) is 15.7. The molecule has 0 amide bonds. The molecule has 0 bridgehead atoms. The van der Waals surface area contributed by atoms with Crippen molar-refractivity contribution in [1.29, 1.82) is 0 Å². The third kappa shape index (κ3) is 6.71. The number of hydrogen-bond acceptors (Lipinski definition) is 5. The van der Waals surface area contributed by atoms with Gasteiger partial charge in [-0.25, -0.2) is 0 Å². The molecule has 0 aliphatic heterocycles. The van der Waals surface area contributed by atoms with Gasteiger partial charge in [0.2, 0.25) is 0 Å². The van der Waals surface area contributed by atoms with Gasteiger partial charge in [-0.15, -0.1) is 0 Å². The average Bonchev–Trinajstić information content (AvgIpc) is 2.48. The lowest BCUT2D eigenvalue weighted by Gasteiger charge is -2.25. The van der Waals surface area contributed by atoms with Gasteiger partial charge in [-0.2, -0.15) is 0 Å². The van der Waals surface area contributed by atoms with E-state index in [0.29, 0.717) is 19.6 Å². The smallest absolute Gasteiger partial charge is 0.322 e. The van der Waals surface area contributed by atoms with Gasteiger partial charge in [0.25, 0.3) is 0 Å². The Labute approximate surface area is 126 Å². The van der Waals surface area contributed by atoms with Crippen molar-refractivity contribution in [3.05, 3.63) is 35.9 Å². The van der Waals surface area contributed by atoms with Crippen LogP contribution in [0.4, 0.5) is 0 Å². The molecule has 118 valence electrons. The number of methoxy groups -OCH3 is 1. The van der Waals surface area contributed by atoms with E-state index in [2.05, 4.69) is 0 Å². The Balaban J connectivity index is 2.55. The van der Waals surface area contributed by atoms with Crippen LogP contribution in [0.1, 0.15) is 25.8 Å². The fourth-order valence-corrected chi connectivity index (χ4v) is 1.83. The van der Waals surface area contributed by atoms with Crippen LogP contribution in [-0.2, 0) is 25.6 Å². The Kier molecular flexibility index (Phi) is 7.97. The van der Waals surface area contributed by atoms with Crippen LogP contribution in [-0.4, -0.2) is 37.9 Å². The summed E-state index contributed by atoms with van der Waals surface area (Å²) in [5, 5.41) is 0. The Morgan fingerprint density at radius 3 is 2.48 bits per heavy atom. The highest BCUT2D eigenvalue weighted by atomic mass is 16.6. The summed E-state index contributed by atoms with van der Waals surface area (Å²) < 4.78 is 16.3. The van der Waals surface area contributed by atoms with E-state index in [9.17, 15) is 4.79 Å². The van der Waals surface area contributed by atoms with Gasteiger partial charge >= 0.3 is 5.97 Å². The van der Waals surface area contributed by atoms with Crippen molar-refractivity contribution in [2.45, 2.75) is 45.1 Å². The second-order valence-electron chi connectivity index (χ2n) is 5.05. The number of benzene rings is 1. The van der Waals surface area contributed by atoms with E-state index in [1.54, 1.807) is 14.0 Å². The predicted molar refractivity (Wildman–Crippen MR) is 80.7 cm³/mol. The second-order valence-corrected chi connectivity index (χ2v) is 5.05. The molecule has 0 fully saturated rings. The van der Waals surface area contributed by atoms with Crippen molar-refractivity contribution >= 4 is 5.97 Å². The summed E-state index contributed by atoms with van der Waals surface area (Å²) in [7, 11) is 1.63. The molecule has 0 saturated heterocycles. The zero-order valence-corrected chi connectivity index (χ0v) is 13.0. The molecule has 0 aromatic heterocycles. The summed E-state index contributed by atoms with van der Waals surface area (Å²) in [4.78, 5) is 11.6. The largest absolute Gasteiger partial charge is 0.459 e. The van der Waals surface area contributed by atoms with Crippen LogP contribution in [0.3, 0.4) is 0 Å². The van der Waals surface area contributed by atoms with Gasteiger partial charge in [0.1, 0.15) is 12.1 Å².